The van der Waals surface area contributed by atoms with Gasteiger partial charge in [0.1, 0.15) is 42.7 Å². The standard InChI is InChI=1S/C11H22O10/c12-1-4(15)10(5(16)2-13)21-11-9(19)8(18)7(17)6(3-14)20-11/h4-19H,1-3H2. The van der Waals surface area contributed by atoms with Crippen LogP contribution in [0.15, 0.2) is 0 Å². The molecule has 1 saturated heterocycles. The predicted molar refractivity (Wildman–Crippen MR) is 64.8 cm³/mol. The second-order valence-corrected chi connectivity index (χ2v) is 4.80. The summed E-state index contributed by atoms with van der Waals surface area (Å²) in [4.78, 5) is 0. The van der Waals surface area contributed by atoms with Gasteiger partial charge >= 0.3 is 0 Å². The normalized spacial score (nSPS) is 38.0. The molecule has 1 rings (SSSR count). The maximum atomic E-state index is 9.75. The quantitative estimate of drug-likeness (QED) is 0.226. The third kappa shape index (κ3) is 4.29. The van der Waals surface area contributed by atoms with Gasteiger partial charge in [-0.05, 0) is 0 Å². The predicted octanol–water partition coefficient (Wildman–Crippen LogP) is -5.12. The highest BCUT2D eigenvalue weighted by atomic mass is 16.7. The van der Waals surface area contributed by atoms with Crippen LogP contribution in [-0.4, -0.2) is 110 Å². The zero-order chi connectivity index (χ0) is 16.2. The van der Waals surface area contributed by atoms with Crippen molar-refractivity contribution in [3.63, 3.8) is 0 Å². The van der Waals surface area contributed by atoms with Crippen LogP contribution in [0.3, 0.4) is 0 Å². The van der Waals surface area contributed by atoms with Gasteiger partial charge in [0.05, 0.1) is 19.8 Å². The van der Waals surface area contributed by atoms with Crippen molar-refractivity contribution in [2.45, 2.75) is 49.0 Å². The highest BCUT2D eigenvalue weighted by molar-refractivity contribution is 4.90. The Labute approximate surface area is 120 Å². The van der Waals surface area contributed by atoms with Crippen LogP contribution in [0.25, 0.3) is 0 Å². The van der Waals surface area contributed by atoms with E-state index in [4.69, 9.17) is 24.8 Å². The smallest absolute Gasteiger partial charge is 0.187 e. The van der Waals surface area contributed by atoms with Gasteiger partial charge in [-0.15, -0.1) is 0 Å². The molecule has 1 heterocycles. The first-order valence-corrected chi connectivity index (χ1v) is 6.41. The summed E-state index contributed by atoms with van der Waals surface area (Å²) in [5.74, 6) is 0. The van der Waals surface area contributed by atoms with E-state index in [0.29, 0.717) is 0 Å². The fourth-order valence-electron chi connectivity index (χ4n) is 1.98. The first-order valence-electron chi connectivity index (χ1n) is 6.41. The van der Waals surface area contributed by atoms with E-state index in [1.165, 1.54) is 0 Å². The minimum Gasteiger partial charge on any atom is -0.394 e. The lowest BCUT2D eigenvalue weighted by Gasteiger charge is -2.41. The molecule has 0 bridgehead atoms. The number of aliphatic hydroxyl groups is 8. The molecule has 0 aromatic rings. The summed E-state index contributed by atoms with van der Waals surface area (Å²) < 4.78 is 10.1. The molecular formula is C11H22O10. The van der Waals surface area contributed by atoms with Crippen molar-refractivity contribution in [1.29, 1.82) is 0 Å². The average molecular weight is 314 g/mol. The lowest BCUT2D eigenvalue weighted by Crippen LogP contribution is -2.61. The van der Waals surface area contributed by atoms with Gasteiger partial charge in [-0.3, -0.25) is 0 Å². The van der Waals surface area contributed by atoms with Crippen LogP contribution in [0.1, 0.15) is 0 Å². The Bertz CT molecular complexity index is 291. The number of aliphatic hydroxyl groups excluding tert-OH is 8. The first-order chi connectivity index (χ1) is 9.87. The highest BCUT2D eigenvalue weighted by Gasteiger charge is 2.46. The molecule has 0 amide bonds. The van der Waals surface area contributed by atoms with Crippen molar-refractivity contribution in [2.24, 2.45) is 0 Å². The zero-order valence-corrected chi connectivity index (χ0v) is 11.1. The van der Waals surface area contributed by atoms with Crippen molar-refractivity contribution < 1.29 is 50.3 Å². The summed E-state index contributed by atoms with van der Waals surface area (Å²) in [5, 5.41) is 74.8. The topological polar surface area (TPSA) is 180 Å². The lowest BCUT2D eigenvalue weighted by molar-refractivity contribution is -0.325. The Kier molecular flexibility index (Phi) is 7.36. The molecule has 1 fully saturated rings. The minimum atomic E-state index is -1.72. The van der Waals surface area contributed by atoms with E-state index in [0.717, 1.165) is 0 Å². The molecule has 0 radical (unpaired) electrons. The van der Waals surface area contributed by atoms with Gasteiger partial charge in [0.2, 0.25) is 0 Å². The molecule has 10 heteroatoms. The number of ether oxygens (including phenoxy) is 2. The van der Waals surface area contributed by atoms with Crippen molar-refractivity contribution in [2.75, 3.05) is 19.8 Å². The third-order valence-corrected chi connectivity index (χ3v) is 3.27. The zero-order valence-electron chi connectivity index (χ0n) is 11.1. The van der Waals surface area contributed by atoms with Crippen molar-refractivity contribution in [3.05, 3.63) is 0 Å². The summed E-state index contributed by atoms with van der Waals surface area (Å²) in [5.41, 5.74) is 0. The summed E-state index contributed by atoms with van der Waals surface area (Å²) >= 11 is 0. The van der Waals surface area contributed by atoms with Gasteiger partial charge in [-0.25, -0.2) is 0 Å². The van der Waals surface area contributed by atoms with Gasteiger partial charge in [-0.2, -0.15) is 0 Å². The fraction of sp³-hybridized carbons (Fsp3) is 1.00. The maximum Gasteiger partial charge on any atom is 0.187 e. The van der Waals surface area contributed by atoms with Gasteiger partial charge in [0, 0.05) is 0 Å². The van der Waals surface area contributed by atoms with Crippen molar-refractivity contribution >= 4 is 0 Å². The van der Waals surface area contributed by atoms with E-state index in [-0.39, 0.29) is 0 Å². The van der Waals surface area contributed by atoms with Crippen LogP contribution in [0.4, 0.5) is 0 Å². The molecule has 0 spiro atoms. The molecule has 0 aromatic heterocycles. The van der Waals surface area contributed by atoms with E-state index in [2.05, 4.69) is 0 Å². The Morgan fingerprint density at radius 1 is 0.857 bits per heavy atom. The van der Waals surface area contributed by atoms with Gasteiger partial charge in [0.15, 0.2) is 6.29 Å². The second-order valence-electron chi connectivity index (χ2n) is 4.80. The molecule has 126 valence electrons. The van der Waals surface area contributed by atoms with Gasteiger partial charge < -0.3 is 50.3 Å². The average Bonchev–Trinajstić information content (AvgIpc) is 2.50. The molecular weight excluding hydrogens is 292 g/mol. The van der Waals surface area contributed by atoms with Crippen LogP contribution in [0.2, 0.25) is 0 Å². The SMILES string of the molecule is OCC(O)C(OC1OC(CO)C(O)C(O)C1O)C(O)CO. The van der Waals surface area contributed by atoms with E-state index < -0.39 is 68.8 Å². The molecule has 10 nitrogen and oxygen atoms in total. The maximum absolute atomic E-state index is 9.75. The van der Waals surface area contributed by atoms with Gasteiger partial charge in [-0.1, -0.05) is 0 Å². The van der Waals surface area contributed by atoms with E-state index >= 15 is 0 Å². The van der Waals surface area contributed by atoms with Crippen LogP contribution in [-0.2, 0) is 9.47 Å². The van der Waals surface area contributed by atoms with Crippen LogP contribution < -0.4 is 0 Å². The molecule has 7 unspecified atom stereocenters. The summed E-state index contributed by atoms with van der Waals surface area (Å²) in [7, 11) is 0. The number of hydrogen-bond acceptors (Lipinski definition) is 10. The summed E-state index contributed by atoms with van der Waals surface area (Å²) in [6.45, 7) is -2.25. The molecule has 1 aliphatic rings. The number of hydrogen-bond donors (Lipinski definition) is 8. The summed E-state index contributed by atoms with van der Waals surface area (Å²) in [6, 6.07) is 0. The van der Waals surface area contributed by atoms with E-state index in [1.54, 1.807) is 0 Å². The first kappa shape index (κ1) is 18.6. The van der Waals surface area contributed by atoms with Crippen molar-refractivity contribution in [1.82, 2.24) is 0 Å². The molecule has 8 N–H and O–H groups in total. The van der Waals surface area contributed by atoms with E-state index in [9.17, 15) is 25.5 Å². The minimum absolute atomic E-state index is 0.666. The largest absolute Gasteiger partial charge is 0.394 e. The molecule has 0 aliphatic carbocycles. The third-order valence-electron chi connectivity index (χ3n) is 3.27. The Morgan fingerprint density at radius 3 is 1.81 bits per heavy atom. The van der Waals surface area contributed by atoms with Gasteiger partial charge in [0.25, 0.3) is 0 Å². The highest BCUT2D eigenvalue weighted by Crippen LogP contribution is 2.24. The molecule has 1 aliphatic heterocycles. The Morgan fingerprint density at radius 2 is 1.38 bits per heavy atom. The van der Waals surface area contributed by atoms with Crippen LogP contribution in [0.5, 0.6) is 0 Å². The van der Waals surface area contributed by atoms with E-state index in [1.807, 2.05) is 0 Å². The van der Waals surface area contributed by atoms with Crippen molar-refractivity contribution in [3.8, 4) is 0 Å². The molecule has 21 heavy (non-hydrogen) atoms. The fourth-order valence-corrected chi connectivity index (χ4v) is 1.98. The molecule has 0 saturated carbocycles. The van der Waals surface area contributed by atoms with Crippen LogP contribution >= 0.6 is 0 Å². The lowest BCUT2D eigenvalue weighted by atomic mass is 9.99. The molecule has 0 aromatic carbocycles. The summed E-state index contributed by atoms with van der Waals surface area (Å²) in [6.07, 6.45) is -12.5. The van der Waals surface area contributed by atoms with Crippen LogP contribution in [0, 0.1) is 0 Å². The Balaban J connectivity index is 2.81. The Hall–Kier alpha value is -0.400. The monoisotopic (exact) mass is 314 g/mol. The second kappa shape index (κ2) is 8.29. The number of rotatable bonds is 7. The molecule has 7 atom stereocenters.